The molecule has 0 heterocycles. The lowest BCUT2D eigenvalue weighted by atomic mass is 9.78. The first-order chi connectivity index (χ1) is 10.9. The van der Waals surface area contributed by atoms with Gasteiger partial charge >= 0.3 is 5.97 Å². The molecule has 0 amide bonds. The zero-order chi connectivity index (χ0) is 18.7. The number of carbonyl (C=O) groups is 2. The van der Waals surface area contributed by atoms with Gasteiger partial charge in [-0.15, -0.1) is 0 Å². The number of methoxy groups -OCH3 is 1. The first-order valence-electron chi connectivity index (χ1n) is 8.33. The SMILES string of the molecule is CCOc1c(C(C)(C)C)cc(C(=O)CC(=O)OC)cc1C(C)(C)C. The highest BCUT2D eigenvalue weighted by Gasteiger charge is 2.29. The molecule has 0 N–H and O–H groups in total. The van der Waals surface area contributed by atoms with Crippen molar-refractivity contribution in [1.29, 1.82) is 0 Å². The molecule has 134 valence electrons. The Morgan fingerprint density at radius 1 is 0.958 bits per heavy atom. The van der Waals surface area contributed by atoms with Gasteiger partial charge in [-0.1, -0.05) is 41.5 Å². The molecule has 0 aliphatic rings. The van der Waals surface area contributed by atoms with E-state index in [-0.39, 0.29) is 23.0 Å². The van der Waals surface area contributed by atoms with Crippen molar-refractivity contribution in [2.24, 2.45) is 0 Å². The van der Waals surface area contributed by atoms with Crippen LogP contribution < -0.4 is 4.74 Å². The maximum absolute atomic E-state index is 12.5. The lowest BCUT2D eigenvalue weighted by Crippen LogP contribution is -2.21. The normalized spacial score (nSPS) is 12.0. The van der Waals surface area contributed by atoms with Gasteiger partial charge in [0.15, 0.2) is 5.78 Å². The Hall–Kier alpha value is -1.84. The molecule has 1 aromatic rings. The van der Waals surface area contributed by atoms with E-state index < -0.39 is 5.97 Å². The zero-order valence-electron chi connectivity index (χ0n) is 16.2. The molecule has 24 heavy (non-hydrogen) atoms. The van der Waals surface area contributed by atoms with Gasteiger partial charge in [0.25, 0.3) is 0 Å². The lowest BCUT2D eigenvalue weighted by molar-refractivity contribution is -0.139. The minimum Gasteiger partial charge on any atom is -0.493 e. The fraction of sp³-hybridized carbons (Fsp3) is 0.600. The summed E-state index contributed by atoms with van der Waals surface area (Å²) in [4.78, 5) is 24.0. The van der Waals surface area contributed by atoms with Crippen molar-refractivity contribution in [3.05, 3.63) is 28.8 Å². The van der Waals surface area contributed by atoms with Crippen LogP contribution in [0.1, 0.15) is 76.4 Å². The second kappa shape index (κ2) is 7.37. The molecule has 0 aliphatic carbocycles. The van der Waals surface area contributed by atoms with Gasteiger partial charge in [0, 0.05) is 16.7 Å². The molecule has 0 radical (unpaired) electrons. The number of hydrogen-bond acceptors (Lipinski definition) is 4. The van der Waals surface area contributed by atoms with Gasteiger partial charge in [-0.25, -0.2) is 0 Å². The van der Waals surface area contributed by atoms with Crippen LogP contribution in [-0.2, 0) is 20.4 Å². The van der Waals surface area contributed by atoms with E-state index in [1.165, 1.54) is 7.11 Å². The highest BCUT2D eigenvalue weighted by Crippen LogP contribution is 2.41. The number of benzene rings is 1. The predicted octanol–water partition coefficient (Wildman–Crippen LogP) is 4.43. The van der Waals surface area contributed by atoms with E-state index >= 15 is 0 Å². The molecule has 0 aliphatic heterocycles. The number of rotatable bonds is 5. The molecule has 0 saturated carbocycles. The molecule has 0 unspecified atom stereocenters. The third kappa shape index (κ3) is 4.83. The van der Waals surface area contributed by atoms with Crippen molar-refractivity contribution in [2.45, 2.75) is 65.7 Å². The third-order valence-corrected chi connectivity index (χ3v) is 3.85. The maximum atomic E-state index is 12.5. The van der Waals surface area contributed by atoms with Crippen molar-refractivity contribution in [3.63, 3.8) is 0 Å². The van der Waals surface area contributed by atoms with Crippen LogP contribution in [0.3, 0.4) is 0 Å². The lowest BCUT2D eigenvalue weighted by Gasteiger charge is -2.30. The summed E-state index contributed by atoms with van der Waals surface area (Å²) in [7, 11) is 1.29. The van der Waals surface area contributed by atoms with Gasteiger partial charge in [-0.2, -0.15) is 0 Å². The summed E-state index contributed by atoms with van der Waals surface area (Å²) in [6.07, 6.45) is -0.252. The van der Waals surface area contributed by atoms with Crippen molar-refractivity contribution in [3.8, 4) is 5.75 Å². The Kier molecular flexibility index (Phi) is 6.20. The first kappa shape index (κ1) is 20.2. The number of hydrogen-bond donors (Lipinski definition) is 0. The van der Waals surface area contributed by atoms with Crippen molar-refractivity contribution in [1.82, 2.24) is 0 Å². The molecule has 4 heteroatoms. The van der Waals surface area contributed by atoms with Crippen LogP contribution in [0, 0.1) is 0 Å². The summed E-state index contributed by atoms with van der Waals surface area (Å²) in [5, 5.41) is 0. The topological polar surface area (TPSA) is 52.6 Å². The van der Waals surface area contributed by atoms with Gasteiger partial charge in [-0.05, 0) is 29.9 Å². The van der Waals surface area contributed by atoms with Gasteiger partial charge < -0.3 is 9.47 Å². The Labute approximate surface area is 145 Å². The van der Waals surface area contributed by atoms with Crippen LogP contribution in [0.25, 0.3) is 0 Å². The van der Waals surface area contributed by atoms with E-state index in [1.54, 1.807) is 0 Å². The summed E-state index contributed by atoms with van der Waals surface area (Å²) in [6.45, 7) is 15.0. The summed E-state index contributed by atoms with van der Waals surface area (Å²) >= 11 is 0. The first-order valence-corrected chi connectivity index (χ1v) is 8.33. The Morgan fingerprint density at radius 2 is 1.42 bits per heavy atom. The van der Waals surface area contributed by atoms with Gasteiger partial charge in [0.05, 0.1) is 13.7 Å². The minimum atomic E-state index is -0.525. The second-order valence-corrected chi connectivity index (χ2v) is 8.01. The van der Waals surface area contributed by atoms with E-state index in [0.29, 0.717) is 12.2 Å². The number of esters is 1. The summed E-state index contributed by atoms with van der Waals surface area (Å²) in [6, 6.07) is 3.71. The minimum absolute atomic E-state index is 0.188. The average molecular weight is 334 g/mol. The summed E-state index contributed by atoms with van der Waals surface area (Å²) in [5.41, 5.74) is 2.10. The van der Waals surface area contributed by atoms with E-state index in [1.807, 2.05) is 19.1 Å². The summed E-state index contributed by atoms with van der Waals surface area (Å²) in [5.74, 6) is 0.0801. The zero-order valence-corrected chi connectivity index (χ0v) is 16.2. The molecule has 0 spiro atoms. The number of ether oxygens (including phenoxy) is 2. The molecule has 0 aromatic heterocycles. The van der Waals surface area contributed by atoms with Gasteiger partial charge in [0.2, 0.25) is 0 Å². The average Bonchev–Trinajstić information content (AvgIpc) is 2.44. The van der Waals surface area contributed by atoms with Crippen LogP contribution in [-0.4, -0.2) is 25.5 Å². The number of ketones is 1. The van der Waals surface area contributed by atoms with E-state index in [0.717, 1.165) is 16.9 Å². The van der Waals surface area contributed by atoms with E-state index in [2.05, 4.69) is 46.3 Å². The van der Waals surface area contributed by atoms with Gasteiger partial charge in [-0.3, -0.25) is 9.59 Å². The molecular formula is C20H30O4. The van der Waals surface area contributed by atoms with Crippen molar-refractivity contribution < 1.29 is 19.1 Å². The monoisotopic (exact) mass is 334 g/mol. The van der Waals surface area contributed by atoms with Gasteiger partial charge in [0.1, 0.15) is 12.2 Å². The standard InChI is InChI=1S/C20H30O4/c1-9-24-18-14(19(2,3)4)10-13(11-15(18)20(5,6)7)16(21)12-17(22)23-8/h10-11H,9,12H2,1-8H3. The predicted molar refractivity (Wildman–Crippen MR) is 96.0 cm³/mol. The maximum Gasteiger partial charge on any atom is 0.313 e. The molecule has 0 saturated heterocycles. The Morgan fingerprint density at radius 3 is 1.75 bits per heavy atom. The van der Waals surface area contributed by atoms with Crippen LogP contribution in [0.15, 0.2) is 12.1 Å². The van der Waals surface area contributed by atoms with Crippen LogP contribution in [0.4, 0.5) is 0 Å². The Bertz CT molecular complexity index is 581. The van der Waals surface area contributed by atoms with E-state index in [4.69, 9.17) is 4.74 Å². The van der Waals surface area contributed by atoms with Crippen molar-refractivity contribution in [2.75, 3.05) is 13.7 Å². The highest BCUT2D eigenvalue weighted by atomic mass is 16.5. The Balaban J connectivity index is 3.59. The van der Waals surface area contributed by atoms with Crippen molar-refractivity contribution >= 4 is 11.8 Å². The highest BCUT2D eigenvalue weighted by molar-refractivity contribution is 6.06. The largest absolute Gasteiger partial charge is 0.493 e. The van der Waals surface area contributed by atoms with Crippen LogP contribution in [0.5, 0.6) is 5.75 Å². The fourth-order valence-electron chi connectivity index (χ4n) is 2.51. The molecule has 0 atom stereocenters. The van der Waals surface area contributed by atoms with E-state index in [9.17, 15) is 9.59 Å². The van der Waals surface area contributed by atoms with Crippen LogP contribution >= 0.6 is 0 Å². The van der Waals surface area contributed by atoms with Crippen LogP contribution in [0.2, 0.25) is 0 Å². The number of Topliss-reactive ketones (excluding diaryl/α,β-unsaturated/α-hetero) is 1. The number of carbonyl (C=O) groups excluding carboxylic acids is 2. The summed E-state index contributed by atoms with van der Waals surface area (Å²) < 4.78 is 10.6. The quantitative estimate of drug-likeness (QED) is 0.454. The smallest absolute Gasteiger partial charge is 0.313 e. The second-order valence-electron chi connectivity index (χ2n) is 8.01. The molecule has 0 fully saturated rings. The molecule has 1 rings (SSSR count). The molecular weight excluding hydrogens is 304 g/mol. The molecule has 1 aromatic carbocycles. The third-order valence-electron chi connectivity index (χ3n) is 3.85. The molecule has 4 nitrogen and oxygen atoms in total. The fourth-order valence-corrected chi connectivity index (χ4v) is 2.51. The molecule has 0 bridgehead atoms.